The number of sulfonamides is 1. The Labute approximate surface area is 183 Å². The van der Waals surface area contributed by atoms with Crippen molar-refractivity contribution in [1.29, 1.82) is 0 Å². The van der Waals surface area contributed by atoms with E-state index >= 15 is 0 Å². The number of nitrogens with zero attached hydrogens (tertiary/aromatic N) is 1. The summed E-state index contributed by atoms with van der Waals surface area (Å²) in [6, 6.07) is 12.7. The Bertz CT molecular complexity index is 1020. The second kappa shape index (κ2) is 8.77. The summed E-state index contributed by atoms with van der Waals surface area (Å²) in [6.07, 6.45) is 0.836. The molecule has 2 aliphatic heterocycles. The first kappa shape index (κ1) is 20.9. The molecule has 2 aromatic rings. The predicted molar refractivity (Wildman–Crippen MR) is 116 cm³/mol. The third-order valence-electron chi connectivity index (χ3n) is 5.05. The van der Waals surface area contributed by atoms with E-state index in [1.165, 1.54) is 15.3 Å². The van der Waals surface area contributed by atoms with Gasteiger partial charge >= 0.3 is 0 Å². The Hall–Kier alpha value is -1.39. The maximum absolute atomic E-state index is 13.0. The Kier molecular flexibility index (Phi) is 6.31. The number of thioether (sulfide) groups is 1. The zero-order chi connectivity index (χ0) is 20.4. The van der Waals surface area contributed by atoms with Crippen LogP contribution >= 0.6 is 27.7 Å². The topological polar surface area (TPSA) is 75.7 Å². The van der Waals surface area contributed by atoms with Gasteiger partial charge in [-0.15, -0.1) is 11.8 Å². The number of morpholine rings is 1. The van der Waals surface area contributed by atoms with Crippen molar-refractivity contribution in [1.82, 2.24) is 9.62 Å². The van der Waals surface area contributed by atoms with Crippen LogP contribution in [0.5, 0.6) is 0 Å². The molecule has 0 saturated carbocycles. The molecule has 0 unspecified atom stereocenters. The van der Waals surface area contributed by atoms with Crippen molar-refractivity contribution < 1.29 is 17.9 Å². The highest BCUT2D eigenvalue weighted by atomic mass is 79.9. The number of amides is 1. The Balaban J connectivity index is 1.58. The number of ether oxygens (including phenoxy) is 1. The van der Waals surface area contributed by atoms with Gasteiger partial charge in [0, 0.05) is 33.8 Å². The highest BCUT2D eigenvalue weighted by Gasteiger charge is 2.29. The summed E-state index contributed by atoms with van der Waals surface area (Å²) < 4.78 is 33.2. The van der Waals surface area contributed by atoms with Gasteiger partial charge in [-0.2, -0.15) is 4.31 Å². The molecule has 154 valence electrons. The molecule has 0 spiro atoms. The number of rotatable bonds is 4. The minimum atomic E-state index is -3.71. The molecule has 1 saturated heterocycles. The molecule has 4 rings (SSSR count). The maximum Gasteiger partial charge on any atom is 0.251 e. The molecule has 9 heteroatoms. The number of halogens is 1. The van der Waals surface area contributed by atoms with Crippen LogP contribution in [0.2, 0.25) is 0 Å². The molecule has 1 N–H and O–H groups in total. The van der Waals surface area contributed by atoms with E-state index < -0.39 is 10.0 Å². The summed E-state index contributed by atoms with van der Waals surface area (Å²) >= 11 is 5.12. The summed E-state index contributed by atoms with van der Waals surface area (Å²) in [4.78, 5) is 14.2. The monoisotopic (exact) mass is 496 g/mol. The minimum absolute atomic E-state index is 0.0807. The highest BCUT2D eigenvalue weighted by Crippen LogP contribution is 2.36. The average molecular weight is 497 g/mol. The van der Waals surface area contributed by atoms with E-state index in [1.807, 2.05) is 18.2 Å². The van der Waals surface area contributed by atoms with E-state index in [0.29, 0.717) is 36.3 Å². The molecule has 0 aromatic heterocycles. The van der Waals surface area contributed by atoms with E-state index in [0.717, 1.165) is 17.7 Å². The molecule has 2 heterocycles. The molecule has 6 nitrogen and oxygen atoms in total. The molecule has 2 aliphatic rings. The Morgan fingerprint density at radius 1 is 1.17 bits per heavy atom. The summed E-state index contributed by atoms with van der Waals surface area (Å²) in [7, 11) is -3.71. The normalized spacial score (nSPS) is 20.1. The SMILES string of the molecule is O=C(N[C@@H]1CCSc2ccccc21)c1ccc(Br)c(S(=O)(=O)N2CCOCC2)c1. The van der Waals surface area contributed by atoms with Crippen LogP contribution in [0.4, 0.5) is 0 Å². The molecule has 1 atom stereocenters. The molecule has 1 amide bonds. The first-order valence-corrected chi connectivity index (χ1v) is 12.6. The smallest absolute Gasteiger partial charge is 0.251 e. The average Bonchev–Trinajstić information content (AvgIpc) is 2.75. The van der Waals surface area contributed by atoms with Gasteiger partial charge in [0.2, 0.25) is 10.0 Å². The van der Waals surface area contributed by atoms with E-state index in [4.69, 9.17) is 4.74 Å². The predicted octanol–water partition coefficient (Wildman–Crippen LogP) is 3.44. The van der Waals surface area contributed by atoms with Crippen molar-refractivity contribution in [2.24, 2.45) is 0 Å². The van der Waals surface area contributed by atoms with Gasteiger partial charge in [0.1, 0.15) is 0 Å². The van der Waals surface area contributed by atoms with Crippen molar-refractivity contribution in [3.8, 4) is 0 Å². The third-order valence-corrected chi connectivity index (χ3v) is 9.06. The number of benzene rings is 2. The van der Waals surface area contributed by atoms with Crippen LogP contribution in [0.25, 0.3) is 0 Å². The van der Waals surface area contributed by atoms with Crippen molar-refractivity contribution in [3.63, 3.8) is 0 Å². The van der Waals surface area contributed by atoms with Gasteiger partial charge in [0.05, 0.1) is 24.2 Å². The van der Waals surface area contributed by atoms with Crippen LogP contribution in [-0.4, -0.2) is 50.7 Å². The zero-order valence-electron chi connectivity index (χ0n) is 15.6. The molecule has 0 bridgehead atoms. The third kappa shape index (κ3) is 4.39. The molecular formula is C20H21BrN2O4S2. The van der Waals surface area contributed by atoms with Crippen LogP contribution < -0.4 is 5.32 Å². The fourth-order valence-corrected chi connectivity index (χ4v) is 6.99. The van der Waals surface area contributed by atoms with Crippen LogP contribution in [0.3, 0.4) is 0 Å². The van der Waals surface area contributed by atoms with E-state index in [9.17, 15) is 13.2 Å². The standard InChI is InChI=1S/C20H21BrN2O4S2/c21-16-6-5-14(13-19(16)29(25,26)23-8-10-27-11-9-23)20(24)22-17-7-12-28-18-4-2-1-3-15(17)18/h1-6,13,17H,7-12H2,(H,22,24)/t17-/m1/s1. The number of carbonyl (C=O) groups is 1. The van der Waals surface area contributed by atoms with Crippen LogP contribution in [0, 0.1) is 0 Å². The van der Waals surface area contributed by atoms with Gasteiger partial charge in [-0.1, -0.05) is 18.2 Å². The highest BCUT2D eigenvalue weighted by molar-refractivity contribution is 9.10. The van der Waals surface area contributed by atoms with Crippen molar-refractivity contribution in [3.05, 3.63) is 58.1 Å². The Morgan fingerprint density at radius 3 is 2.72 bits per heavy atom. The first-order valence-electron chi connectivity index (χ1n) is 9.37. The largest absolute Gasteiger partial charge is 0.379 e. The van der Waals surface area contributed by atoms with Gasteiger partial charge < -0.3 is 10.1 Å². The minimum Gasteiger partial charge on any atom is -0.379 e. The molecule has 0 radical (unpaired) electrons. The van der Waals surface area contributed by atoms with E-state index in [1.54, 1.807) is 23.9 Å². The fourth-order valence-electron chi connectivity index (χ4n) is 3.50. The van der Waals surface area contributed by atoms with Crippen LogP contribution in [0.15, 0.2) is 56.7 Å². The number of carbonyl (C=O) groups excluding carboxylic acids is 1. The van der Waals surface area contributed by atoms with Gasteiger partial charge in [-0.05, 0) is 52.2 Å². The first-order chi connectivity index (χ1) is 14.0. The number of hydrogen-bond donors (Lipinski definition) is 1. The number of nitrogens with one attached hydrogen (secondary N) is 1. The number of fused-ring (bicyclic) bond motifs is 1. The van der Waals surface area contributed by atoms with Crippen molar-refractivity contribution in [2.45, 2.75) is 22.3 Å². The van der Waals surface area contributed by atoms with Gasteiger partial charge in [-0.3, -0.25) is 4.79 Å². The summed E-state index contributed by atoms with van der Waals surface area (Å²) in [5, 5.41) is 3.07. The summed E-state index contributed by atoms with van der Waals surface area (Å²) in [6.45, 7) is 1.36. The van der Waals surface area contributed by atoms with Gasteiger partial charge in [0.25, 0.3) is 5.91 Å². The Morgan fingerprint density at radius 2 is 1.93 bits per heavy atom. The lowest BCUT2D eigenvalue weighted by molar-refractivity contribution is 0.0730. The van der Waals surface area contributed by atoms with E-state index in [-0.39, 0.29) is 16.8 Å². The van der Waals surface area contributed by atoms with Crippen molar-refractivity contribution in [2.75, 3.05) is 32.1 Å². The van der Waals surface area contributed by atoms with Crippen LogP contribution in [0.1, 0.15) is 28.4 Å². The summed E-state index contributed by atoms with van der Waals surface area (Å²) in [5.74, 6) is 0.654. The molecule has 1 fully saturated rings. The molecule has 0 aliphatic carbocycles. The van der Waals surface area contributed by atoms with Gasteiger partial charge in [-0.25, -0.2) is 8.42 Å². The maximum atomic E-state index is 13.0. The fraction of sp³-hybridized carbons (Fsp3) is 0.350. The lowest BCUT2D eigenvalue weighted by atomic mass is 10.0. The second-order valence-electron chi connectivity index (χ2n) is 6.86. The zero-order valence-corrected chi connectivity index (χ0v) is 18.9. The van der Waals surface area contributed by atoms with Gasteiger partial charge in [0.15, 0.2) is 0 Å². The molecular weight excluding hydrogens is 476 g/mol. The van der Waals surface area contributed by atoms with Crippen molar-refractivity contribution >= 4 is 43.6 Å². The number of hydrogen-bond acceptors (Lipinski definition) is 5. The second-order valence-corrected chi connectivity index (χ2v) is 10.8. The lowest BCUT2D eigenvalue weighted by Crippen LogP contribution is -2.40. The van der Waals surface area contributed by atoms with Crippen LogP contribution in [-0.2, 0) is 14.8 Å². The quantitative estimate of drug-likeness (QED) is 0.701. The molecule has 29 heavy (non-hydrogen) atoms. The molecule has 2 aromatic carbocycles. The lowest BCUT2D eigenvalue weighted by Gasteiger charge is -2.27. The van der Waals surface area contributed by atoms with E-state index in [2.05, 4.69) is 27.3 Å². The summed E-state index contributed by atoms with van der Waals surface area (Å²) in [5.41, 5.74) is 1.44.